The molecule has 146 valence electrons. The maximum Gasteiger partial charge on any atom is 0.249 e. The third kappa shape index (κ3) is 3.06. The Morgan fingerprint density at radius 1 is 1.21 bits per heavy atom. The highest BCUT2D eigenvalue weighted by Gasteiger charge is 2.38. The molecule has 1 saturated carbocycles. The summed E-state index contributed by atoms with van der Waals surface area (Å²) in [5.74, 6) is 3.27. The zero-order chi connectivity index (χ0) is 19.3. The lowest BCUT2D eigenvalue weighted by Gasteiger charge is -2.41. The van der Waals surface area contributed by atoms with E-state index in [0.717, 1.165) is 60.3 Å². The molecule has 1 atom stereocenters. The molecule has 1 unspecified atom stereocenters. The minimum absolute atomic E-state index is 0.128. The molecule has 0 radical (unpaired) electrons. The van der Waals surface area contributed by atoms with Crippen molar-refractivity contribution in [2.24, 2.45) is 5.92 Å². The van der Waals surface area contributed by atoms with Crippen molar-refractivity contribution >= 4 is 23.4 Å². The van der Waals surface area contributed by atoms with Crippen LogP contribution in [0.15, 0.2) is 12.4 Å². The van der Waals surface area contributed by atoms with Gasteiger partial charge in [-0.2, -0.15) is 4.98 Å². The average molecular weight is 379 g/mol. The Hall–Kier alpha value is -2.77. The van der Waals surface area contributed by atoms with E-state index >= 15 is 0 Å². The number of nitrogens with one attached hydrogen (secondary N) is 1. The summed E-state index contributed by atoms with van der Waals surface area (Å²) in [7, 11) is 1.92. The first kappa shape index (κ1) is 17.3. The monoisotopic (exact) mass is 379 g/mol. The molecule has 2 aromatic heterocycles. The largest absolute Gasteiger partial charge is 0.350 e. The zero-order valence-corrected chi connectivity index (χ0v) is 16.4. The predicted octanol–water partition coefficient (Wildman–Crippen LogP) is 1.95. The van der Waals surface area contributed by atoms with Crippen LogP contribution in [0.3, 0.4) is 0 Å². The van der Waals surface area contributed by atoms with Gasteiger partial charge >= 0.3 is 0 Å². The SMILES string of the molecule is CC1C(=O)N2CCCc3nc(NCc4cnc(CC5CC5)nc4)nc(c32)N1C. The second-order valence-electron chi connectivity index (χ2n) is 8.06. The lowest BCUT2D eigenvalue weighted by molar-refractivity contribution is -0.119. The van der Waals surface area contributed by atoms with Crippen molar-refractivity contribution in [3.8, 4) is 0 Å². The maximum absolute atomic E-state index is 12.6. The minimum Gasteiger partial charge on any atom is -0.350 e. The van der Waals surface area contributed by atoms with Gasteiger partial charge in [-0.1, -0.05) is 0 Å². The summed E-state index contributed by atoms with van der Waals surface area (Å²) in [5, 5.41) is 3.31. The third-order valence-electron chi connectivity index (χ3n) is 5.92. The molecule has 0 saturated heterocycles. The number of anilines is 3. The second kappa shape index (κ2) is 6.68. The molecule has 8 heteroatoms. The Labute approximate surface area is 164 Å². The van der Waals surface area contributed by atoms with Gasteiger partial charge in [-0.25, -0.2) is 15.0 Å². The van der Waals surface area contributed by atoms with E-state index in [4.69, 9.17) is 9.97 Å². The highest BCUT2D eigenvalue weighted by Crippen LogP contribution is 2.39. The van der Waals surface area contributed by atoms with Crippen LogP contribution in [0.2, 0.25) is 0 Å². The summed E-state index contributed by atoms with van der Waals surface area (Å²) in [4.78, 5) is 34.8. The van der Waals surface area contributed by atoms with Crippen molar-refractivity contribution < 1.29 is 4.79 Å². The van der Waals surface area contributed by atoms with E-state index < -0.39 is 0 Å². The number of rotatable bonds is 5. The van der Waals surface area contributed by atoms with Crippen molar-refractivity contribution in [3.05, 3.63) is 29.5 Å². The molecule has 28 heavy (non-hydrogen) atoms. The zero-order valence-electron chi connectivity index (χ0n) is 16.4. The van der Waals surface area contributed by atoms with E-state index in [1.165, 1.54) is 12.8 Å². The van der Waals surface area contributed by atoms with Gasteiger partial charge in [0, 0.05) is 44.5 Å². The van der Waals surface area contributed by atoms with Crippen LogP contribution in [0.1, 0.15) is 43.3 Å². The van der Waals surface area contributed by atoms with Crippen molar-refractivity contribution in [1.29, 1.82) is 0 Å². The van der Waals surface area contributed by atoms with Gasteiger partial charge in [0.15, 0.2) is 5.82 Å². The summed E-state index contributed by atoms with van der Waals surface area (Å²) >= 11 is 0. The molecular weight excluding hydrogens is 354 g/mol. The first-order valence-corrected chi connectivity index (χ1v) is 10.1. The van der Waals surface area contributed by atoms with Gasteiger partial charge < -0.3 is 15.1 Å². The number of likely N-dealkylation sites (N-methyl/N-ethyl adjacent to an activating group) is 1. The molecular formula is C20H25N7O. The fourth-order valence-corrected chi connectivity index (χ4v) is 3.91. The summed E-state index contributed by atoms with van der Waals surface area (Å²) < 4.78 is 0. The number of hydrogen-bond acceptors (Lipinski definition) is 7. The van der Waals surface area contributed by atoms with Crippen LogP contribution in [0.5, 0.6) is 0 Å². The molecule has 8 nitrogen and oxygen atoms in total. The fourth-order valence-electron chi connectivity index (χ4n) is 3.91. The standard InChI is InChI=1S/C20H25N7O/c1-12-19(28)27-7-3-4-15-17(27)18(26(12)2)25-20(24-15)23-11-14-9-21-16(22-10-14)8-13-5-6-13/h9-10,12-13H,3-8,11H2,1-2H3,(H,23,24,25). The summed E-state index contributed by atoms with van der Waals surface area (Å²) in [5.41, 5.74) is 2.84. The summed E-state index contributed by atoms with van der Waals surface area (Å²) in [6.07, 6.45) is 9.17. The van der Waals surface area contributed by atoms with Gasteiger partial charge in [0.1, 0.15) is 17.6 Å². The van der Waals surface area contributed by atoms with E-state index in [1.807, 2.05) is 36.2 Å². The summed E-state index contributed by atoms with van der Waals surface area (Å²) in [6.45, 7) is 3.25. The number of carbonyl (C=O) groups excluding carboxylic acids is 1. The number of hydrogen-bond donors (Lipinski definition) is 1. The van der Waals surface area contributed by atoms with Crippen LogP contribution in [-0.2, 0) is 24.2 Å². The Morgan fingerprint density at radius 3 is 2.75 bits per heavy atom. The first-order chi connectivity index (χ1) is 13.6. The molecule has 0 bridgehead atoms. The van der Waals surface area contributed by atoms with Gasteiger partial charge in [-0.15, -0.1) is 0 Å². The van der Waals surface area contributed by atoms with Gasteiger partial charge in [-0.3, -0.25) is 4.79 Å². The van der Waals surface area contributed by atoms with Crippen molar-refractivity contribution in [2.75, 3.05) is 28.7 Å². The number of aromatic nitrogens is 4. The van der Waals surface area contributed by atoms with Crippen LogP contribution >= 0.6 is 0 Å². The fraction of sp³-hybridized carbons (Fsp3) is 0.550. The lowest BCUT2D eigenvalue weighted by atomic mass is 10.0. The Balaban J connectivity index is 1.35. The van der Waals surface area contributed by atoms with Crippen LogP contribution in [0.25, 0.3) is 0 Å². The van der Waals surface area contributed by atoms with Gasteiger partial charge in [0.05, 0.1) is 5.69 Å². The topological polar surface area (TPSA) is 87.1 Å². The number of nitrogens with zero attached hydrogens (tertiary/aromatic N) is 6. The Morgan fingerprint density at radius 2 is 2.00 bits per heavy atom. The molecule has 3 aliphatic rings. The third-order valence-corrected chi connectivity index (χ3v) is 5.92. The van der Waals surface area contributed by atoms with Crippen molar-refractivity contribution in [3.63, 3.8) is 0 Å². The van der Waals surface area contributed by atoms with Gasteiger partial charge in [0.2, 0.25) is 11.9 Å². The lowest BCUT2D eigenvalue weighted by Crippen LogP contribution is -2.53. The van der Waals surface area contributed by atoms with Crippen LogP contribution in [0.4, 0.5) is 17.5 Å². The molecule has 1 amide bonds. The smallest absolute Gasteiger partial charge is 0.249 e. The average Bonchev–Trinajstić information content (AvgIpc) is 3.53. The van der Waals surface area contributed by atoms with Crippen LogP contribution in [-0.4, -0.2) is 45.5 Å². The highest BCUT2D eigenvalue weighted by atomic mass is 16.2. The normalized spacial score (nSPS) is 20.9. The molecule has 1 aliphatic carbocycles. The van der Waals surface area contributed by atoms with Crippen LogP contribution in [0, 0.1) is 5.92 Å². The highest BCUT2D eigenvalue weighted by molar-refractivity contribution is 6.05. The van der Waals surface area contributed by atoms with E-state index in [-0.39, 0.29) is 11.9 Å². The molecule has 1 fully saturated rings. The molecule has 0 spiro atoms. The Bertz CT molecular complexity index is 910. The Kier molecular flexibility index (Phi) is 4.14. The van der Waals surface area contributed by atoms with Crippen LogP contribution < -0.4 is 15.1 Å². The minimum atomic E-state index is -0.214. The quantitative estimate of drug-likeness (QED) is 0.849. The van der Waals surface area contributed by atoms with Gasteiger partial charge in [-0.05, 0) is 38.5 Å². The molecule has 1 N–H and O–H groups in total. The second-order valence-corrected chi connectivity index (χ2v) is 8.06. The summed E-state index contributed by atoms with van der Waals surface area (Å²) in [6, 6.07) is -0.214. The van der Waals surface area contributed by atoms with E-state index in [2.05, 4.69) is 15.3 Å². The first-order valence-electron chi connectivity index (χ1n) is 10.1. The molecule has 4 heterocycles. The molecule has 5 rings (SSSR count). The predicted molar refractivity (Wildman–Crippen MR) is 106 cm³/mol. The number of aryl methyl sites for hydroxylation is 1. The maximum atomic E-state index is 12.6. The van der Waals surface area contributed by atoms with Crippen molar-refractivity contribution in [1.82, 2.24) is 19.9 Å². The van der Waals surface area contributed by atoms with Gasteiger partial charge in [0.25, 0.3) is 0 Å². The van der Waals surface area contributed by atoms with E-state index in [9.17, 15) is 4.79 Å². The molecule has 2 aromatic rings. The molecule has 0 aromatic carbocycles. The molecule has 2 aliphatic heterocycles. The van der Waals surface area contributed by atoms with Crippen molar-refractivity contribution in [2.45, 2.75) is 51.6 Å². The van der Waals surface area contributed by atoms with E-state index in [1.54, 1.807) is 0 Å². The number of carbonyl (C=O) groups is 1. The van der Waals surface area contributed by atoms with E-state index in [0.29, 0.717) is 12.5 Å². The number of amides is 1.